The van der Waals surface area contributed by atoms with Gasteiger partial charge in [-0.2, -0.15) is 10.2 Å². The number of nitrogens with one attached hydrogen (secondary N) is 1. The van der Waals surface area contributed by atoms with E-state index in [1.165, 1.54) is 12.5 Å². The predicted octanol–water partition coefficient (Wildman–Crippen LogP) is 1.50. The van der Waals surface area contributed by atoms with E-state index < -0.39 is 0 Å². The lowest BCUT2D eigenvalue weighted by molar-refractivity contribution is -0.114. The number of carbonyl (C=O) groups excluding carboxylic acids is 1. The lowest BCUT2D eigenvalue weighted by Crippen LogP contribution is -2.21. The van der Waals surface area contributed by atoms with Crippen molar-refractivity contribution in [2.75, 3.05) is 18.4 Å². The van der Waals surface area contributed by atoms with E-state index in [0.29, 0.717) is 11.9 Å². The maximum Gasteiger partial charge on any atom is 0.222 e. The highest BCUT2D eigenvalue weighted by Gasteiger charge is 2.24. The molecule has 3 heterocycles. The molecule has 7 heteroatoms. The first-order valence-electron chi connectivity index (χ1n) is 7.70. The summed E-state index contributed by atoms with van der Waals surface area (Å²) in [5.41, 5.74) is 1.25. The maximum atomic E-state index is 11.0. The van der Waals surface area contributed by atoms with E-state index in [9.17, 15) is 4.79 Å². The molecular formula is C15H22N6O. The number of aromatic nitrogens is 4. The summed E-state index contributed by atoms with van der Waals surface area (Å²) in [6.07, 6.45) is 7.06. The molecule has 1 unspecified atom stereocenters. The summed E-state index contributed by atoms with van der Waals surface area (Å²) in [6.45, 7) is 7.44. The largest absolute Gasteiger partial charge is 0.309 e. The molecule has 1 aliphatic rings. The van der Waals surface area contributed by atoms with Gasteiger partial charge in [0.25, 0.3) is 0 Å². The summed E-state index contributed by atoms with van der Waals surface area (Å²) >= 11 is 0. The highest BCUT2D eigenvalue weighted by atomic mass is 16.1. The minimum atomic E-state index is -0.0914. The number of nitrogens with zero attached hydrogens (tertiary/aromatic N) is 5. The molecule has 2 aromatic rings. The Balaban J connectivity index is 1.57. The number of hydrogen-bond acceptors (Lipinski definition) is 4. The average molecular weight is 302 g/mol. The normalized spacial score (nSPS) is 18.7. The maximum absolute atomic E-state index is 11.0. The van der Waals surface area contributed by atoms with Crippen LogP contribution in [0, 0.1) is 0 Å². The monoisotopic (exact) mass is 302 g/mol. The molecule has 2 aromatic heterocycles. The third-order valence-corrected chi connectivity index (χ3v) is 3.95. The number of rotatable bonds is 5. The molecule has 1 aliphatic heterocycles. The van der Waals surface area contributed by atoms with E-state index in [-0.39, 0.29) is 5.91 Å². The first kappa shape index (κ1) is 14.8. The van der Waals surface area contributed by atoms with Crippen LogP contribution in [0.5, 0.6) is 0 Å². The number of likely N-dealkylation sites (tertiary alicyclic amines) is 1. The number of aryl methyl sites for hydroxylation is 1. The molecule has 0 aliphatic carbocycles. The second-order valence-electron chi connectivity index (χ2n) is 5.74. The van der Waals surface area contributed by atoms with Crippen LogP contribution in [0.4, 0.5) is 5.82 Å². The van der Waals surface area contributed by atoms with Crippen LogP contribution in [-0.2, 0) is 17.9 Å². The van der Waals surface area contributed by atoms with Gasteiger partial charge in [-0.3, -0.25) is 19.1 Å². The van der Waals surface area contributed by atoms with Gasteiger partial charge in [-0.05, 0) is 13.3 Å². The van der Waals surface area contributed by atoms with Crippen molar-refractivity contribution in [2.45, 2.75) is 39.4 Å². The molecule has 0 aromatic carbocycles. The number of amides is 1. The minimum Gasteiger partial charge on any atom is -0.309 e. The van der Waals surface area contributed by atoms with Gasteiger partial charge in [-0.25, -0.2) is 0 Å². The summed E-state index contributed by atoms with van der Waals surface area (Å²) in [5, 5.41) is 11.5. The van der Waals surface area contributed by atoms with Crippen molar-refractivity contribution in [2.24, 2.45) is 0 Å². The molecule has 0 spiro atoms. The molecule has 1 N–H and O–H groups in total. The van der Waals surface area contributed by atoms with E-state index in [4.69, 9.17) is 0 Å². The first-order valence-corrected chi connectivity index (χ1v) is 7.70. The Bertz CT molecular complexity index is 646. The van der Waals surface area contributed by atoms with Gasteiger partial charge in [0.15, 0.2) is 5.82 Å². The van der Waals surface area contributed by atoms with E-state index in [1.807, 2.05) is 27.8 Å². The Morgan fingerprint density at radius 1 is 1.50 bits per heavy atom. The Morgan fingerprint density at radius 3 is 3.09 bits per heavy atom. The molecule has 1 fully saturated rings. The van der Waals surface area contributed by atoms with Crippen molar-refractivity contribution in [1.82, 2.24) is 24.5 Å². The highest BCUT2D eigenvalue weighted by molar-refractivity contribution is 5.87. The summed E-state index contributed by atoms with van der Waals surface area (Å²) < 4.78 is 3.91. The van der Waals surface area contributed by atoms with Gasteiger partial charge >= 0.3 is 0 Å². The van der Waals surface area contributed by atoms with Crippen LogP contribution < -0.4 is 5.32 Å². The van der Waals surface area contributed by atoms with Crippen LogP contribution in [0.3, 0.4) is 0 Å². The molecular weight excluding hydrogens is 280 g/mol. The lowest BCUT2D eigenvalue weighted by Gasteiger charge is -2.15. The van der Waals surface area contributed by atoms with Crippen LogP contribution in [-0.4, -0.2) is 43.5 Å². The van der Waals surface area contributed by atoms with Crippen LogP contribution >= 0.6 is 0 Å². The Kier molecular flexibility index (Phi) is 4.24. The van der Waals surface area contributed by atoms with Crippen LogP contribution in [0.2, 0.25) is 0 Å². The molecule has 1 saturated heterocycles. The Morgan fingerprint density at radius 2 is 2.36 bits per heavy atom. The average Bonchev–Trinajstić information content (AvgIpc) is 3.18. The van der Waals surface area contributed by atoms with Crippen molar-refractivity contribution in [3.8, 4) is 0 Å². The van der Waals surface area contributed by atoms with Crippen molar-refractivity contribution >= 4 is 11.7 Å². The van der Waals surface area contributed by atoms with E-state index in [1.54, 1.807) is 0 Å². The molecule has 22 heavy (non-hydrogen) atoms. The smallest absolute Gasteiger partial charge is 0.222 e. The molecule has 0 bridgehead atoms. The van der Waals surface area contributed by atoms with Crippen LogP contribution in [0.1, 0.15) is 31.9 Å². The topological polar surface area (TPSA) is 68.0 Å². The van der Waals surface area contributed by atoms with Crippen LogP contribution in [0.25, 0.3) is 0 Å². The molecule has 0 saturated carbocycles. The summed E-state index contributed by atoms with van der Waals surface area (Å²) in [5.74, 6) is 0.529. The zero-order valence-electron chi connectivity index (χ0n) is 13.1. The van der Waals surface area contributed by atoms with E-state index in [0.717, 1.165) is 32.6 Å². The summed E-state index contributed by atoms with van der Waals surface area (Å²) in [6, 6.07) is 2.21. The standard InChI is InChI=1S/C15H22N6O/c1-3-20-10-13(8-16-20)9-19-6-4-14(11-19)21-7-5-15(18-21)17-12(2)22/h5,7-8,10,14H,3-4,6,9,11H2,1-2H3,(H,17,18,22). The van der Waals surface area contributed by atoms with E-state index >= 15 is 0 Å². The SMILES string of the molecule is CCn1cc(CN2CCC(n3ccc(NC(C)=O)n3)C2)cn1. The Labute approximate surface area is 129 Å². The second kappa shape index (κ2) is 6.31. The van der Waals surface area contributed by atoms with Gasteiger partial charge in [-0.1, -0.05) is 0 Å². The van der Waals surface area contributed by atoms with E-state index in [2.05, 4.69) is 33.5 Å². The molecule has 3 rings (SSSR count). The number of carbonyl (C=O) groups is 1. The highest BCUT2D eigenvalue weighted by Crippen LogP contribution is 2.23. The van der Waals surface area contributed by atoms with Crippen LogP contribution in [0.15, 0.2) is 24.7 Å². The fraction of sp³-hybridized carbons (Fsp3) is 0.533. The quantitative estimate of drug-likeness (QED) is 0.909. The zero-order chi connectivity index (χ0) is 15.5. The van der Waals surface area contributed by atoms with Gasteiger partial charge in [0.1, 0.15) is 0 Å². The summed E-state index contributed by atoms with van der Waals surface area (Å²) in [7, 11) is 0. The lowest BCUT2D eigenvalue weighted by atomic mass is 10.3. The number of hydrogen-bond donors (Lipinski definition) is 1. The summed E-state index contributed by atoms with van der Waals surface area (Å²) in [4.78, 5) is 13.5. The van der Waals surface area contributed by atoms with Crippen molar-refractivity contribution < 1.29 is 4.79 Å². The van der Waals surface area contributed by atoms with Gasteiger partial charge in [0.05, 0.1) is 12.2 Å². The number of anilines is 1. The minimum absolute atomic E-state index is 0.0914. The van der Waals surface area contributed by atoms with Gasteiger partial charge in [-0.15, -0.1) is 0 Å². The second-order valence-corrected chi connectivity index (χ2v) is 5.74. The third-order valence-electron chi connectivity index (χ3n) is 3.95. The zero-order valence-corrected chi connectivity index (χ0v) is 13.1. The van der Waals surface area contributed by atoms with Crippen molar-refractivity contribution in [1.29, 1.82) is 0 Å². The fourth-order valence-electron chi connectivity index (χ4n) is 2.88. The molecule has 1 atom stereocenters. The molecule has 0 radical (unpaired) electrons. The van der Waals surface area contributed by atoms with Gasteiger partial charge in [0.2, 0.25) is 5.91 Å². The van der Waals surface area contributed by atoms with Crippen molar-refractivity contribution in [3.63, 3.8) is 0 Å². The molecule has 118 valence electrons. The van der Waals surface area contributed by atoms with Gasteiger partial charge in [0, 0.05) is 57.1 Å². The van der Waals surface area contributed by atoms with Gasteiger partial charge < -0.3 is 5.32 Å². The molecule has 1 amide bonds. The first-order chi connectivity index (χ1) is 10.6. The van der Waals surface area contributed by atoms with Crippen molar-refractivity contribution in [3.05, 3.63) is 30.2 Å². The third kappa shape index (κ3) is 3.36. The molecule has 7 nitrogen and oxygen atoms in total. The predicted molar refractivity (Wildman–Crippen MR) is 83.4 cm³/mol. The fourth-order valence-corrected chi connectivity index (χ4v) is 2.88. The Hall–Kier alpha value is -2.15.